The van der Waals surface area contributed by atoms with Gasteiger partial charge in [-0.05, 0) is 63.9 Å². The molecular weight excluding hydrogens is 372 g/mol. The Morgan fingerprint density at radius 1 is 1.18 bits per heavy atom. The van der Waals surface area contributed by atoms with Crippen LogP contribution in [0.4, 0.5) is 0 Å². The zero-order valence-corrected chi connectivity index (χ0v) is 17.5. The van der Waals surface area contributed by atoms with Gasteiger partial charge in [0.25, 0.3) is 5.91 Å². The number of fused-ring (bicyclic) bond motifs is 1. The molecule has 0 aliphatic heterocycles. The lowest BCUT2D eigenvalue weighted by Crippen LogP contribution is -2.26. The lowest BCUT2D eigenvalue weighted by Gasteiger charge is -2.16. The molecule has 0 aliphatic rings. The number of aryl methyl sites for hydroxylation is 1. The van der Waals surface area contributed by atoms with E-state index in [1.807, 2.05) is 58.0 Å². The van der Waals surface area contributed by atoms with E-state index < -0.39 is 0 Å². The Kier molecular flexibility index (Phi) is 5.79. The SMILES string of the molecule is CC(=O)c1cnc2sc(C(=O)NC(C)c3cccc(OC(C)C)c3)c(C)c2c1. The number of hydrogen-bond donors (Lipinski definition) is 1. The van der Waals surface area contributed by atoms with Crippen LogP contribution in [0.15, 0.2) is 36.5 Å². The first kappa shape index (κ1) is 20.0. The fourth-order valence-corrected chi connectivity index (χ4v) is 4.02. The number of ketones is 1. The quantitative estimate of drug-likeness (QED) is 0.590. The second-order valence-electron chi connectivity index (χ2n) is 7.12. The molecule has 1 atom stereocenters. The summed E-state index contributed by atoms with van der Waals surface area (Å²) in [6, 6.07) is 9.39. The van der Waals surface area contributed by atoms with Crippen molar-refractivity contribution in [2.24, 2.45) is 0 Å². The first-order valence-corrected chi connectivity index (χ1v) is 10.1. The zero-order valence-electron chi connectivity index (χ0n) is 16.7. The Morgan fingerprint density at radius 3 is 2.61 bits per heavy atom. The van der Waals surface area contributed by atoms with Crippen LogP contribution < -0.4 is 10.1 Å². The summed E-state index contributed by atoms with van der Waals surface area (Å²) in [5.41, 5.74) is 2.37. The number of carbonyl (C=O) groups is 2. The molecule has 0 aliphatic carbocycles. The van der Waals surface area contributed by atoms with E-state index in [1.165, 1.54) is 18.3 Å². The third kappa shape index (κ3) is 4.22. The van der Waals surface area contributed by atoms with Gasteiger partial charge in [-0.15, -0.1) is 11.3 Å². The average molecular weight is 397 g/mol. The summed E-state index contributed by atoms with van der Waals surface area (Å²) >= 11 is 1.34. The molecular formula is C22H24N2O3S. The van der Waals surface area contributed by atoms with Gasteiger partial charge in [0.15, 0.2) is 5.78 Å². The fourth-order valence-electron chi connectivity index (χ4n) is 2.98. The molecule has 2 aromatic heterocycles. The number of benzene rings is 1. The summed E-state index contributed by atoms with van der Waals surface area (Å²) in [6.45, 7) is 9.31. The lowest BCUT2D eigenvalue weighted by atomic mass is 10.1. The van der Waals surface area contributed by atoms with E-state index in [2.05, 4.69) is 10.3 Å². The summed E-state index contributed by atoms with van der Waals surface area (Å²) in [6.07, 6.45) is 1.65. The molecule has 28 heavy (non-hydrogen) atoms. The van der Waals surface area contributed by atoms with Crippen molar-refractivity contribution >= 4 is 33.2 Å². The second-order valence-corrected chi connectivity index (χ2v) is 8.12. The highest BCUT2D eigenvalue weighted by Gasteiger charge is 2.19. The maximum atomic E-state index is 12.9. The minimum absolute atomic E-state index is 0.0388. The standard InChI is InChI=1S/C22H24N2O3S/c1-12(2)27-18-8-6-7-16(9-18)14(4)24-21(26)20-13(3)19-10-17(15(5)25)11-23-22(19)28-20/h6-12,14H,1-5H3,(H,24,26). The molecule has 0 saturated heterocycles. The average Bonchev–Trinajstić information content (AvgIpc) is 2.97. The van der Waals surface area contributed by atoms with Gasteiger partial charge >= 0.3 is 0 Å². The van der Waals surface area contributed by atoms with Crippen LogP contribution >= 0.6 is 11.3 Å². The number of thiophene rings is 1. The summed E-state index contributed by atoms with van der Waals surface area (Å²) in [5, 5.41) is 3.90. The van der Waals surface area contributed by atoms with Gasteiger partial charge in [-0.1, -0.05) is 12.1 Å². The van der Waals surface area contributed by atoms with Crippen LogP contribution in [0, 0.1) is 6.92 Å². The number of carbonyl (C=O) groups excluding carboxylic acids is 2. The van der Waals surface area contributed by atoms with Crippen LogP contribution in [-0.2, 0) is 0 Å². The largest absolute Gasteiger partial charge is 0.491 e. The van der Waals surface area contributed by atoms with E-state index in [9.17, 15) is 9.59 Å². The number of Topliss-reactive ketones (excluding diaryl/α,β-unsaturated/α-hetero) is 1. The van der Waals surface area contributed by atoms with Gasteiger partial charge in [-0.2, -0.15) is 0 Å². The number of nitrogens with one attached hydrogen (secondary N) is 1. The van der Waals surface area contributed by atoms with E-state index in [-0.39, 0.29) is 23.8 Å². The summed E-state index contributed by atoms with van der Waals surface area (Å²) in [5.74, 6) is 0.600. The van der Waals surface area contributed by atoms with Crippen LogP contribution in [0.1, 0.15) is 64.9 Å². The van der Waals surface area contributed by atoms with E-state index >= 15 is 0 Å². The van der Waals surface area contributed by atoms with E-state index in [0.29, 0.717) is 10.4 Å². The molecule has 0 radical (unpaired) electrons. The van der Waals surface area contributed by atoms with Gasteiger partial charge in [-0.25, -0.2) is 4.98 Å². The van der Waals surface area contributed by atoms with Crippen LogP contribution in [0.3, 0.4) is 0 Å². The van der Waals surface area contributed by atoms with Crippen LogP contribution in [-0.4, -0.2) is 22.8 Å². The fraction of sp³-hybridized carbons (Fsp3) is 0.318. The molecule has 0 fully saturated rings. The van der Waals surface area contributed by atoms with Gasteiger partial charge in [0, 0.05) is 17.1 Å². The number of pyridine rings is 1. The minimum atomic E-state index is -0.173. The third-order valence-electron chi connectivity index (χ3n) is 4.48. The van der Waals surface area contributed by atoms with Crippen LogP contribution in [0.2, 0.25) is 0 Å². The maximum Gasteiger partial charge on any atom is 0.262 e. The molecule has 2 heterocycles. The monoisotopic (exact) mass is 396 g/mol. The highest BCUT2D eigenvalue weighted by Crippen LogP contribution is 2.30. The van der Waals surface area contributed by atoms with E-state index in [1.54, 1.807) is 6.20 Å². The Balaban J connectivity index is 1.83. The van der Waals surface area contributed by atoms with Crippen molar-refractivity contribution < 1.29 is 14.3 Å². The molecule has 0 bridgehead atoms. The number of ether oxygens (including phenoxy) is 1. The molecule has 3 rings (SSSR count). The van der Waals surface area contributed by atoms with Crippen molar-refractivity contribution in [2.45, 2.75) is 46.8 Å². The predicted molar refractivity (Wildman–Crippen MR) is 112 cm³/mol. The van der Waals surface area contributed by atoms with Crippen LogP contribution in [0.25, 0.3) is 10.2 Å². The Bertz CT molecular complexity index is 1040. The predicted octanol–water partition coefficient (Wildman–Crippen LogP) is 5.09. The summed E-state index contributed by atoms with van der Waals surface area (Å²) < 4.78 is 5.74. The highest BCUT2D eigenvalue weighted by molar-refractivity contribution is 7.20. The van der Waals surface area contributed by atoms with Crippen LogP contribution in [0.5, 0.6) is 5.75 Å². The van der Waals surface area contributed by atoms with Crippen molar-refractivity contribution in [2.75, 3.05) is 0 Å². The molecule has 1 aromatic carbocycles. The van der Waals surface area contributed by atoms with Crippen molar-refractivity contribution in [3.05, 3.63) is 58.1 Å². The molecule has 1 N–H and O–H groups in total. The zero-order chi connectivity index (χ0) is 20.4. The molecule has 1 amide bonds. The second kappa shape index (κ2) is 8.10. The number of hydrogen-bond acceptors (Lipinski definition) is 5. The Hall–Kier alpha value is -2.73. The topological polar surface area (TPSA) is 68.3 Å². The highest BCUT2D eigenvalue weighted by atomic mass is 32.1. The molecule has 0 spiro atoms. The molecule has 5 nitrogen and oxygen atoms in total. The smallest absolute Gasteiger partial charge is 0.262 e. The Morgan fingerprint density at radius 2 is 1.93 bits per heavy atom. The molecule has 146 valence electrons. The van der Waals surface area contributed by atoms with Crippen molar-refractivity contribution in [3.8, 4) is 5.75 Å². The molecule has 1 unspecified atom stereocenters. The minimum Gasteiger partial charge on any atom is -0.491 e. The third-order valence-corrected chi connectivity index (χ3v) is 5.70. The maximum absolute atomic E-state index is 12.9. The number of rotatable bonds is 6. The first-order valence-electron chi connectivity index (χ1n) is 9.23. The molecule has 3 aromatic rings. The summed E-state index contributed by atoms with van der Waals surface area (Å²) in [7, 11) is 0. The number of nitrogens with zero attached hydrogens (tertiary/aromatic N) is 1. The van der Waals surface area contributed by atoms with Crippen molar-refractivity contribution in [1.29, 1.82) is 0 Å². The van der Waals surface area contributed by atoms with Gasteiger partial charge in [0.05, 0.1) is 17.0 Å². The normalized spacial score (nSPS) is 12.2. The number of amides is 1. The van der Waals surface area contributed by atoms with Gasteiger partial charge in [0.1, 0.15) is 10.6 Å². The van der Waals surface area contributed by atoms with E-state index in [0.717, 1.165) is 27.1 Å². The van der Waals surface area contributed by atoms with Gasteiger partial charge in [-0.3, -0.25) is 9.59 Å². The van der Waals surface area contributed by atoms with E-state index in [4.69, 9.17) is 4.74 Å². The molecule has 6 heteroatoms. The first-order chi connectivity index (χ1) is 13.3. The lowest BCUT2D eigenvalue weighted by molar-refractivity contribution is 0.0942. The van der Waals surface area contributed by atoms with Gasteiger partial charge < -0.3 is 10.1 Å². The summed E-state index contributed by atoms with van der Waals surface area (Å²) in [4.78, 5) is 30.2. The Labute approximate surface area is 168 Å². The van der Waals surface area contributed by atoms with Crippen molar-refractivity contribution in [3.63, 3.8) is 0 Å². The van der Waals surface area contributed by atoms with Gasteiger partial charge in [0.2, 0.25) is 0 Å². The molecule has 0 saturated carbocycles. The van der Waals surface area contributed by atoms with Crippen molar-refractivity contribution in [1.82, 2.24) is 10.3 Å². The number of aromatic nitrogens is 1.